The molecule has 176 valence electrons. The molecule has 3 aromatic rings. The number of rotatable bonds is 9. The fourth-order valence-corrected chi connectivity index (χ4v) is 3.14. The Morgan fingerprint density at radius 1 is 0.971 bits per heavy atom. The number of phenols is 1. The summed E-state index contributed by atoms with van der Waals surface area (Å²) < 4.78 is 16.0. The number of carboxylic acids is 1. The van der Waals surface area contributed by atoms with Crippen molar-refractivity contribution in [2.75, 3.05) is 12.4 Å². The molecule has 9 nitrogen and oxygen atoms in total. The summed E-state index contributed by atoms with van der Waals surface area (Å²) in [6, 6.07) is 16.3. The van der Waals surface area contributed by atoms with E-state index in [1.54, 1.807) is 0 Å². The summed E-state index contributed by atoms with van der Waals surface area (Å²) in [4.78, 5) is 35.7. The van der Waals surface area contributed by atoms with Crippen LogP contribution in [0, 0.1) is 0 Å². The minimum absolute atomic E-state index is 0.0170. The Morgan fingerprint density at radius 2 is 1.71 bits per heavy atom. The molecule has 3 rings (SSSR count). The van der Waals surface area contributed by atoms with Gasteiger partial charge >= 0.3 is 11.9 Å². The van der Waals surface area contributed by atoms with Gasteiger partial charge in [0.05, 0.1) is 19.1 Å². The van der Waals surface area contributed by atoms with Gasteiger partial charge in [0.2, 0.25) is 0 Å². The number of carbonyl (C=O) groups is 3. The number of amides is 1. The van der Waals surface area contributed by atoms with Crippen molar-refractivity contribution >= 4 is 23.5 Å². The minimum atomic E-state index is -1.16. The molecule has 0 heterocycles. The Hall–Kier alpha value is -4.53. The van der Waals surface area contributed by atoms with Crippen molar-refractivity contribution in [2.24, 2.45) is 0 Å². The molecule has 1 amide bonds. The summed E-state index contributed by atoms with van der Waals surface area (Å²) in [6.07, 6.45) is -0.458. The fourth-order valence-electron chi connectivity index (χ4n) is 3.14. The van der Waals surface area contributed by atoms with Crippen LogP contribution in [0.25, 0.3) is 0 Å². The maximum atomic E-state index is 13.0. The summed E-state index contributed by atoms with van der Waals surface area (Å²) in [5, 5.41) is 22.1. The molecule has 0 bridgehead atoms. The second kappa shape index (κ2) is 10.9. The Kier molecular flexibility index (Phi) is 7.71. The molecule has 3 aromatic carbocycles. The second-order valence-electron chi connectivity index (χ2n) is 7.23. The summed E-state index contributed by atoms with van der Waals surface area (Å²) in [5.74, 6) is -2.26. The first-order valence-corrected chi connectivity index (χ1v) is 10.2. The van der Waals surface area contributed by atoms with Gasteiger partial charge in [0.15, 0.2) is 11.5 Å². The number of methoxy groups -OCH3 is 1. The van der Waals surface area contributed by atoms with Gasteiger partial charge in [-0.25, -0.2) is 0 Å². The molecule has 0 aliphatic rings. The lowest BCUT2D eigenvalue weighted by Crippen LogP contribution is -2.15. The molecule has 0 unspecified atom stereocenters. The fraction of sp³-hybridized carbons (Fsp3) is 0.160. The number of benzene rings is 3. The Morgan fingerprint density at radius 3 is 2.35 bits per heavy atom. The molecular formula is C25H23NO8. The molecule has 34 heavy (non-hydrogen) atoms. The number of hydrogen-bond donors (Lipinski definition) is 3. The van der Waals surface area contributed by atoms with E-state index in [0.717, 1.165) is 5.56 Å². The zero-order valence-electron chi connectivity index (χ0n) is 18.5. The van der Waals surface area contributed by atoms with Crippen LogP contribution >= 0.6 is 0 Å². The van der Waals surface area contributed by atoms with Crippen LogP contribution in [0.3, 0.4) is 0 Å². The number of aromatic hydroxyl groups is 1. The van der Waals surface area contributed by atoms with Gasteiger partial charge in [0.1, 0.15) is 18.1 Å². The van der Waals surface area contributed by atoms with Gasteiger partial charge in [-0.15, -0.1) is 0 Å². The van der Waals surface area contributed by atoms with Gasteiger partial charge in [-0.2, -0.15) is 0 Å². The van der Waals surface area contributed by atoms with E-state index in [1.165, 1.54) is 44.4 Å². The molecule has 0 aliphatic carbocycles. The molecule has 0 spiro atoms. The highest BCUT2D eigenvalue weighted by Crippen LogP contribution is 2.35. The minimum Gasteiger partial charge on any atom is -0.507 e. The van der Waals surface area contributed by atoms with Crippen LogP contribution in [0.2, 0.25) is 0 Å². The largest absolute Gasteiger partial charge is 0.507 e. The monoisotopic (exact) mass is 465 g/mol. The number of hydrogen-bond acceptors (Lipinski definition) is 7. The topological polar surface area (TPSA) is 131 Å². The molecule has 0 saturated carbocycles. The van der Waals surface area contributed by atoms with Gasteiger partial charge in [0, 0.05) is 18.7 Å². The second-order valence-corrected chi connectivity index (χ2v) is 7.23. The van der Waals surface area contributed by atoms with Crippen molar-refractivity contribution in [1.82, 2.24) is 0 Å². The van der Waals surface area contributed by atoms with Crippen molar-refractivity contribution in [3.63, 3.8) is 0 Å². The third-order valence-electron chi connectivity index (χ3n) is 4.69. The van der Waals surface area contributed by atoms with E-state index in [0.29, 0.717) is 5.75 Å². The summed E-state index contributed by atoms with van der Waals surface area (Å²) in [5.41, 5.74) is 1.15. The molecule has 0 radical (unpaired) electrons. The van der Waals surface area contributed by atoms with Crippen LogP contribution in [-0.4, -0.2) is 35.2 Å². The zero-order chi connectivity index (χ0) is 24.7. The van der Waals surface area contributed by atoms with Crippen molar-refractivity contribution in [3.05, 3.63) is 77.4 Å². The summed E-state index contributed by atoms with van der Waals surface area (Å²) in [7, 11) is 1.34. The van der Waals surface area contributed by atoms with Gasteiger partial charge < -0.3 is 29.7 Å². The van der Waals surface area contributed by atoms with Gasteiger partial charge in [-0.3, -0.25) is 14.4 Å². The zero-order valence-corrected chi connectivity index (χ0v) is 18.5. The van der Waals surface area contributed by atoms with Crippen molar-refractivity contribution in [3.8, 4) is 23.0 Å². The molecule has 9 heteroatoms. The normalized spacial score (nSPS) is 10.3. The first kappa shape index (κ1) is 24.1. The van der Waals surface area contributed by atoms with E-state index in [2.05, 4.69) is 5.32 Å². The average molecular weight is 465 g/mol. The summed E-state index contributed by atoms with van der Waals surface area (Å²) in [6.45, 7) is 1.46. The number of phenolic OH excluding ortho intramolecular Hbond substituents is 1. The van der Waals surface area contributed by atoms with E-state index in [1.807, 2.05) is 30.3 Å². The molecule has 0 fully saturated rings. The number of nitrogens with one attached hydrogen (secondary N) is 1. The Labute approximate surface area is 195 Å². The van der Waals surface area contributed by atoms with Crippen molar-refractivity contribution < 1.29 is 38.8 Å². The lowest BCUT2D eigenvalue weighted by atomic mass is 10.1. The number of esters is 1. The van der Waals surface area contributed by atoms with Crippen LogP contribution < -0.4 is 19.5 Å². The van der Waals surface area contributed by atoms with Gasteiger partial charge in [0.25, 0.3) is 5.91 Å². The number of ether oxygens (including phenoxy) is 3. The predicted molar refractivity (Wildman–Crippen MR) is 122 cm³/mol. The van der Waals surface area contributed by atoms with E-state index in [4.69, 9.17) is 14.2 Å². The summed E-state index contributed by atoms with van der Waals surface area (Å²) >= 11 is 0. The molecule has 0 saturated heterocycles. The van der Waals surface area contributed by atoms with Crippen LogP contribution in [-0.2, 0) is 22.6 Å². The van der Waals surface area contributed by atoms with Crippen molar-refractivity contribution in [1.29, 1.82) is 0 Å². The number of aliphatic carboxylic acids is 1. The third kappa shape index (κ3) is 6.26. The van der Waals surface area contributed by atoms with Crippen LogP contribution in [0.4, 0.5) is 5.69 Å². The van der Waals surface area contributed by atoms with Crippen LogP contribution in [0.15, 0.2) is 60.7 Å². The molecule has 3 N–H and O–H groups in total. The highest BCUT2D eigenvalue weighted by Gasteiger charge is 2.19. The predicted octanol–water partition coefficient (Wildman–Crippen LogP) is 3.78. The quantitative estimate of drug-likeness (QED) is 0.321. The highest BCUT2D eigenvalue weighted by atomic mass is 16.6. The Bertz CT molecular complexity index is 1210. The van der Waals surface area contributed by atoms with Gasteiger partial charge in [-0.05, 0) is 35.4 Å². The maximum Gasteiger partial charge on any atom is 0.308 e. The van der Waals surface area contributed by atoms with E-state index in [-0.39, 0.29) is 40.7 Å². The number of carbonyl (C=O) groups excluding carboxylic acids is 2. The molecular weight excluding hydrogens is 442 g/mol. The Balaban J connectivity index is 1.87. The van der Waals surface area contributed by atoms with E-state index in [9.17, 15) is 24.6 Å². The molecule has 0 aromatic heterocycles. The van der Waals surface area contributed by atoms with Crippen LogP contribution in [0.1, 0.15) is 28.4 Å². The standard InChI is InChI=1S/C25H23NO8/c1-15(27)34-23-10-17(11-24(29)30)20(13-22(23)32-2)26-25(31)19-12-18(8-9-21(19)28)33-14-16-6-4-3-5-7-16/h3-10,12-13,28H,11,14H2,1-2H3,(H,26,31)(H,29,30). The first-order chi connectivity index (χ1) is 16.3. The van der Waals surface area contributed by atoms with Crippen molar-refractivity contribution in [2.45, 2.75) is 20.0 Å². The van der Waals surface area contributed by atoms with E-state index >= 15 is 0 Å². The average Bonchev–Trinajstić information content (AvgIpc) is 2.80. The smallest absolute Gasteiger partial charge is 0.308 e. The number of anilines is 1. The first-order valence-electron chi connectivity index (χ1n) is 10.2. The lowest BCUT2D eigenvalue weighted by Gasteiger charge is -2.16. The SMILES string of the molecule is COc1cc(NC(=O)c2cc(OCc3ccccc3)ccc2O)c(CC(=O)O)cc1OC(C)=O. The van der Waals surface area contributed by atoms with Gasteiger partial charge in [-0.1, -0.05) is 30.3 Å². The maximum absolute atomic E-state index is 13.0. The van der Waals surface area contributed by atoms with E-state index < -0.39 is 24.3 Å². The molecule has 0 atom stereocenters. The third-order valence-corrected chi connectivity index (χ3v) is 4.69. The number of carboxylic acid groups (broad SMARTS) is 1. The lowest BCUT2D eigenvalue weighted by molar-refractivity contribution is -0.136. The highest BCUT2D eigenvalue weighted by molar-refractivity contribution is 6.07. The molecule has 0 aliphatic heterocycles. The van der Waals surface area contributed by atoms with Crippen LogP contribution in [0.5, 0.6) is 23.0 Å².